The highest BCUT2D eigenvalue weighted by Crippen LogP contribution is 2.20. The van der Waals surface area contributed by atoms with Crippen molar-refractivity contribution in [2.75, 3.05) is 13.2 Å². The third-order valence-corrected chi connectivity index (χ3v) is 3.88. The Kier molecular flexibility index (Phi) is 7.04. The van der Waals surface area contributed by atoms with E-state index in [1.165, 1.54) is 5.56 Å². The summed E-state index contributed by atoms with van der Waals surface area (Å²) in [6, 6.07) is 13.8. The molecule has 118 valence electrons. The Morgan fingerprint density at radius 3 is 2.77 bits per heavy atom. The van der Waals surface area contributed by atoms with Gasteiger partial charge in [0.1, 0.15) is 5.75 Å². The van der Waals surface area contributed by atoms with E-state index in [1.807, 2.05) is 30.3 Å². The molecule has 0 heterocycles. The second-order valence-corrected chi connectivity index (χ2v) is 6.00. The monoisotopic (exact) mass is 337 g/mol. The van der Waals surface area contributed by atoms with Crippen molar-refractivity contribution in [3.8, 4) is 5.75 Å². The summed E-state index contributed by atoms with van der Waals surface area (Å²) in [4.78, 5) is 0. The topological polar surface area (TPSA) is 21.3 Å². The van der Waals surface area contributed by atoms with Crippen LogP contribution in [-0.4, -0.2) is 13.2 Å². The zero-order chi connectivity index (χ0) is 15.8. The predicted molar refractivity (Wildman–Crippen MR) is 94.1 cm³/mol. The molecule has 0 bridgehead atoms. The van der Waals surface area contributed by atoms with Crippen molar-refractivity contribution in [2.24, 2.45) is 0 Å². The number of nitrogens with one attached hydrogen (secondary N) is 1. The molecule has 2 nitrogen and oxygen atoms in total. The quantitative estimate of drug-likeness (QED) is 0.675. The fourth-order valence-corrected chi connectivity index (χ4v) is 2.56. The number of hydrogen-bond donors (Lipinski definition) is 1. The standard InChI is InChI=1S/C18H21Cl2NO/c1-2-10-22-17-5-3-4-14(11-17)13-21-9-8-15-12-16(19)6-7-18(15)20/h3-7,11-12,21H,2,8-10,13H2,1H3. The van der Waals surface area contributed by atoms with E-state index >= 15 is 0 Å². The summed E-state index contributed by atoms with van der Waals surface area (Å²) in [6.07, 6.45) is 1.87. The molecule has 0 aliphatic heterocycles. The van der Waals surface area contributed by atoms with Crippen molar-refractivity contribution in [2.45, 2.75) is 26.3 Å². The van der Waals surface area contributed by atoms with Crippen LogP contribution in [0.1, 0.15) is 24.5 Å². The summed E-state index contributed by atoms with van der Waals surface area (Å²) in [5.74, 6) is 0.930. The Morgan fingerprint density at radius 2 is 1.95 bits per heavy atom. The average Bonchev–Trinajstić information content (AvgIpc) is 2.53. The van der Waals surface area contributed by atoms with Crippen LogP contribution >= 0.6 is 23.2 Å². The number of rotatable bonds is 8. The molecule has 1 N–H and O–H groups in total. The molecule has 0 unspecified atom stereocenters. The van der Waals surface area contributed by atoms with Gasteiger partial charge in [-0.05, 0) is 60.8 Å². The number of ether oxygens (including phenoxy) is 1. The van der Waals surface area contributed by atoms with Gasteiger partial charge in [0.25, 0.3) is 0 Å². The van der Waals surface area contributed by atoms with Crippen LogP contribution in [-0.2, 0) is 13.0 Å². The highest BCUT2D eigenvalue weighted by molar-refractivity contribution is 6.33. The lowest BCUT2D eigenvalue weighted by Gasteiger charge is -2.09. The van der Waals surface area contributed by atoms with Gasteiger partial charge in [0.15, 0.2) is 0 Å². The van der Waals surface area contributed by atoms with Gasteiger partial charge in [0.05, 0.1) is 6.61 Å². The third kappa shape index (κ3) is 5.53. The normalized spacial score (nSPS) is 10.7. The van der Waals surface area contributed by atoms with E-state index in [-0.39, 0.29) is 0 Å². The minimum absolute atomic E-state index is 0.722. The second kappa shape index (κ2) is 9.04. The van der Waals surface area contributed by atoms with Crippen LogP contribution in [0, 0.1) is 0 Å². The van der Waals surface area contributed by atoms with Crippen LogP contribution in [0.2, 0.25) is 10.0 Å². The predicted octanol–water partition coefficient (Wildman–Crippen LogP) is 5.11. The van der Waals surface area contributed by atoms with Crippen LogP contribution < -0.4 is 10.1 Å². The highest BCUT2D eigenvalue weighted by Gasteiger charge is 2.02. The molecule has 0 aliphatic rings. The van der Waals surface area contributed by atoms with E-state index in [4.69, 9.17) is 27.9 Å². The van der Waals surface area contributed by atoms with Crippen molar-refractivity contribution < 1.29 is 4.74 Å². The summed E-state index contributed by atoms with van der Waals surface area (Å²) in [5, 5.41) is 4.91. The fourth-order valence-electron chi connectivity index (χ4n) is 2.16. The maximum Gasteiger partial charge on any atom is 0.119 e. The lowest BCUT2D eigenvalue weighted by molar-refractivity contribution is 0.317. The Balaban J connectivity index is 1.80. The van der Waals surface area contributed by atoms with Gasteiger partial charge >= 0.3 is 0 Å². The molecule has 0 aromatic heterocycles. The van der Waals surface area contributed by atoms with Gasteiger partial charge in [-0.25, -0.2) is 0 Å². The van der Waals surface area contributed by atoms with Crippen molar-refractivity contribution >= 4 is 23.2 Å². The van der Waals surface area contributed by atoms with E-state index in [1.54, 1.807) is 0 Å². The molecule has 0 atom stereocenters. The summed E-state index contributed by atoms with van der Waals surface area (Å²) in [5.41, 5.74) is 2.28. The Hall–Kier alpha value is -1.22. The van der Waals surface area contributed by atoms with E-state index < -0.39 is 0 Å². The van der Waals surface area contributed by atoms with Crippen LogP contribution in [0.4, 0.5) is 0 Å². The first-order chi connectivity index (χ1) is 10.7. The van der Waals surface area contributed by atoms with Crippen LogP contribution in [0.15, 0.2) is 42.5 Å². The van der Waals surface area contributed by atoms with Gasteiger partial charge in [0, 0.05) is 16.6 Å². The van der Waals surface area contributed by atoms with Gasteiger partial charge in [-0.1, -0.05) is 42.3 Å². The molecular formula is C18H21Cl2NO. The summed E-state index contributed by atoms with van der Waals surface area (Å²) in [7, 11) is 0. The number of halogens is 2. The van der Waals surface area contributed by atoms with Gasteiger partial charge in [-0.2, -0.15) is 0 Å². The largest absolute Gasteiger partial charge is 0.494 e. The average molecular weight is 338 g/mol. The smallest absolute Gasteiger partial charge is 0.119 e. The van der Waals surface area contributed by atoms with Crippen molar-refractivity contribution in [1.82, 2.24) is 5.32 Å². The van der Waals surface area contributed by atoms with Crippen molar-refractivity contribution in [3.05, 3.63) is 63.6 Å². The Morgan fingerprint density at radius 1 is 1.09 bits per heavy atom. The van der Waals surface area contributed by atoms with E-state index in [0.717, 1.165) is 53.9 Å². The molecule has 0 fully saturated rings. The van der Waals surface area contributed by atoms with E-state index in [2.05, 4.69) is 24.4 Å². The minimum Gasteiger partial charge on any atom is -0.494 e. The SMILES string of the molecule is CCCOc1cccc(CNCCc2cc(Cl)ccc2Cl)c1. The molecular weight excluding hydrogens is 317 g/mol. The van der Waals surface area contributed by atoms with Crippen LogP contribution in [0.25, 0.3) is 0 Å². The number of benzene rings is 2. The molecule has 0 radical (unpaired) electrons. The molecule has 0 spiro atoms. The Labute approximate surface area is 142 Å². The lowest BCUT2D eigenvalue weighted by atomic mass is 10.1. The summed E-state index contributed by atoms with van der Waals surface area (Å²) >= 11 is 12.2. The zero-order valence-corrected chi connectivity index (χ0v) is 14.3. The first kappa shape index (κ1) is 17.1. The molecule has 0 amide bonds. The molecule has 2 aromatic rings. The van der Waals surface area contributed by atoms with Gasteiger partial charge < -0.3 is 10.1 Å². The van der Waals surface area contributed by atoms with Crippen LogP contribution in [0.5, 0.6) is 5.75 Å². The molecule has 2 rings (SSSR count). The number of hydrogen-bond acceptors (Lipinski definition) is 2. The molecule has 2 aromatic carbocycles. The second-order valence-electron chi connectivity index (χ2n) is 5.16. The molecule has 22 heavy (non-hydrogen) atoms. The maximum absolute atomic E-state index is 6.16. The van der Waals surface area contributed by atoms with Crippen LogP contribution in [0.3, 0.4) is 0 Å². The van der Waals surface area contributed by atoms with E-state index in [0.29, 0.717) is 0 Å². The Bertz CT molecular complexity index is 601. The maximum atomic E-state index is 6.16. The van der Waals surface area contributed by atoms with E-state index in [9.17, 15) is 0 Å². The minimum atomic E-state index is 0.722. The van der Waals surface area contributed by atoms with Crippen molar-refractivity contribution in [3.63, 3.8) is 0 Å². The lowest BCUT2D eigenvalue weighted by Crippen LogP contribution is -2.16. The first-order valence-corrected chi connectivity index (χ1v) is 8.31. The van der Waals surface area contributed by atoms with Crippen molar-refractivity contribution in [1.29, 1.82) is 0 Å². The molecule has 4 heteroatoms. The highest BCUT2D eigenvalue weighted by atomic mass is 35.5. The zero-order valence-electron chi connectivity index (χ0n) is 12.7. The molecule has 0 saturated carbocycles. The fraction of sp³-hybridized carbons (Fsp3) is 0.333. The van der Waals surface area contributed by atoms with Gasteiger partial charge in [-0.3, -0.25) is 0 Å². The van der Waals surface area contributed by atoms with Gasteiger partial charge in [0.2, 0.25) is 0 Å². The molecule has 0 aliphatic carbocycles. The third-order valence-electron chi connectivity index (χ3n) is 3.28. The summed E-state index contributed by atoms with van der Waals surface area (Å²) in [6.45, 7) is 4.51. The molecule has 0 saturated heterocycles. The first-order valence-electron chi connectivity index (χ1n) is 7.55. The summed E-state index contributed by atoms with van der Waals surface area (Å²) < 4.78 is 5.64. The van der Waals surface area contributed by atoms with Gasteiger partial charge in [-0.15, -0.1) is 0 Å².